The van der Waals surface area contributed by atoms with Gasteiger partial charge in [0.05, 0.1) is 22.3 Å². The topological polar surface area (TPSA) is 75.1 Å². The molecule has 1 unspecified atom stereocenters. The van der Waals surface area contributed by atoms with Crippen LogP contribution in [0.4, 0.5) is 10.9 Å². The van der Waals surface area contributed by atoms with E-state index in [0.29, 0.717) is 0 Å². The average molecular weight is 336 g/mol. The molecule has 1 aliphatic heterocycles. The molecule has 0 saturated carbocycles. The second-order valence-corrected chi connectivity index (χ2v) is 6.50. The van der Waals surface area contributed by atoms with E-state index in [4.69, 9.17) is 0 Å². The molecule has 1 atom stereocenters. The van der Waals surface area contributed by atoms with Crippen LogP contribution in [-0.4, -0.2) is 20.7 Å². The van der Waals surface area contributed by atoms with Crippen LogP contribution in [0.25, 0.3) is 0 Å². The quantitative estimate of drug-likeness (QED) is 0.763. The molecule has 3 aromatic heterocycles. The second-order valence-electron chi connectivity index (χ2n) is 5.50. The van der Waals surface area contributed by atoms with Crippen molar-refractivity contribution in [2.24, 2.45) is 5.10 Å². The van der Waals surface area contributed by atoms with E-state index >= 15 is 0 Å². The van der Waals surface area contributed by atoms with Crippen molar-refractivity contribution in [3.05, 3.63) is 65.1 Å². The Hall–Kier alpha value is -2.80. The highest BCUT2D eigenvalue weighted by Gasteiger charge is 2.24. The van der Waals surface area contributed by atoms with Gasteiger partial charge in [-0.25, -0.2) is 9.97 Å². The monoisotopic (exact) mass is 336 g/mol. The number of pyridine rings is 2. The van der Waals surface area contributed by atoms with E-state index in [-0.39, 0.29) is 6.04 Å². The Balaban J connectivity index is 1.51. The molecule has 0 bridgehead atoms. The molecule has 4 rings (SSSR count). The highest BCUT2D eigenvalue weighted by atomic mass is 32.1. The molecule has 0 fully saturated rings. The molecule has 3 aromatic rings. The lowest BCUT2D eigenvalue weighted by Crippen LogP contribution is -2.09. The fourth-order valence-corrected chi connectivity index (χ4v) is 3.61. The maximum Gasteiger partial charge on any atom is 0.189 e. The lowest BCUT2D eigenvalue weighted by atomic mass is 10.0. The van der Waals surface area contributed by atoms with Crippen molar-refractivity contribution >= 4 is 28.0 Å². The van der Waals surface area contributed by atoms with Crippen LogP contribution in [0.5, 0.6) is 0 Å². The molecule has 7 heteroatoms. The van der Waals surface area contributed by atoms with Gasteiger partial charge >= 0.3 is 0 Å². The Labute approximate surface area is 143 Å². The molecule has 0 aromatic carbocycles. The summed E-state index contributed by atoms with van der Waals surface area (Å²) < 4.78 is 0. The first kappa shape index (κ1) is 14.8. The molecule has 120 valence electrons. The Kier molecular flexibility index (Phi) is 3.92. The van der Waals surface area contributed by atoms with Gasteiger partial charge < -0.3 is 10.7 Å². The van der Waals surface area contributed by atoms with E-state index in [0.717, 1.165) is 33.7 Å². The lowest BCUT2D eigenvalue weighted by Gasteiger charge is -2.08. The first-order valence-corrected chi connectivity index (χ1v) is 8.49. The maximum absolute atomic E-state index is 4.60. The van der Waals surface area contributed by atoms with Crippen LogP contribution in [-0.2, 0) is 0 Å². The number of nitrogens with one attached hydrogen (secondary N) is 2. The van der Waals surface area contributed by atoms with Crippen molar-refractivity contribution in [1.29, 1.82) is 0 Å². The standard InChI is InChI=1S/C17H16N6S/c1-11-16(24-17(20-11)21-15-4-2-3-7-19-15)14-10-13(22-23-14)12-5-8-18-9-6-12/h2-9,13,22H,10H2,1H3,(H,19,20,21). The third-order valence-corrected chi connectivity index (χ3v) is 4.94. The number of hydrogen-bond donors (Lipinski definition) is 2. The number of rotatable bonds is 4. The van der Waals surface area contributed by atoms with Gasteiger partial charge in [0.15, 0.2) is 5.13 Å². The number of anilines is 2. The summed E-state index contributed by atoms with van der Waals surface area (Å²) in [5, 5.41) is 8.59. The number of thiazole rings is 1. The molecule has 1 aliphatic rings. The van der Waals surface area contributed by atoms with Gasteiger partial charge in [0.1, 0.15) is 5.82 Å². The third kappa shape index (κ3) is 2.98. The van der Waals surface area contributed by atoms with Crippen molar-refractivity contribution in [2.75, 3.05) is 5.32 Å². The molecule has 0 saturated heterocycles. The van der Waals surface area contributed by atoms with Crippen molar-refractivity contribution in [1.82, 2.24) is 20.4 Å². The van der Waals surface area contributed by atoms with Crippen molar-refractivity contribution in [3.8, 4) is 0 Å². The maximum atomic E-state index is 4.60. The van der Waals surface area contributed by atoms with Gasteiger partial charge in [-0.05, 0) is 36.8 Å². The van der Waals surface area contributed by atoms with Gasteiger partial charge in [0.2, 0.25) is 0 Å². The van der Waals surface area contributed by atoms with E-state index in [1.54, 1.807) is 17.5 Å². The van der Waals surface area contributed by atoms with Crippen molar-refractivity contribution < 1.29 is 0 Å². The minimum Gasteiger partial charge on any atom is -0.316 e. The van der Waals surface area contributed by atoms with Gasteiger partial charge in [0.25, 0.3) is 0 Å². The van der Waals surface area contributed by atoms with Crippen LogP contribution >= 0.6 is 11.3 Å². The zero-order valence-electron chi connectivity index (χ0n) is 13.1. The molecule has 0 radical (unpaired) electrons. The highest BCUT2D eigenvalue weighted by Crippen LogP contribution is 2.31. The molecular weight excluding hydrogens is 320 g/mol. The predicted molar refractivity (Wildman–Crippen MR) is 95.6 cm³/mol. The Morgan fingerprint density at radius 1 is 1.17 bits per heavy atom. The van der Waals surface area contributed by atoms with E-state index in [9.17, 15) is 0 Å². The summed E-state index contributed by atoms with van der Waals surface area (Å²) in [6.07, 6.45) is 6.22. The summed E-state index contributed by atoms with van der Waals surface area (Å²) >= 11 is 1.60. The van der Waals surface area contributed by atoms with E-state index < -0.39 is 0 Å². The van der Waals surface area contributed by atoms with E-state index in [2.05, 4.69) is 30.8 Å². The van der Waals surface area contributed by atoms with Crippen LogP contribution in [0.3, 0.4) is 0 Å². The Morgan fingerprint density at radius 3 is 2.83 bits per heavy atom. The van der Waals surface area contributed by atoms with Gasteiger partial charge in [-0.3, -0.25) is 4.98 Å². The van der Waals surface area contributed by atoms with Crippen LogP contribution in [0.1, 0.15) is 28.6 Å². The largest absolute Gasteiger partial charge is 0.316 e. The van der Waals surface area contributed by atoms with E-state index in [1.807, 2.05) is 49.6 Å². The fraction of sp³-hybridized carbons (Fsp3) is 0.176. The van der Waals surface area contributed by atoms with Crippen LogP contribution in [0.2, 0.25) is 0 Å². The minimum atomic E-state index is 0.191. The van der Waals surface area contributed by atoms with Crippen molar-refractivity contribution in [3.63, 3.8) is 0 Å². The van der Waals surface area contributed by atoms with Gasteiger partial charge in [-0.2, -0.15) is 5.10 Å². The Morgan fingerprint density at radius 2 is 2.04 bits per heavy atom. The summed E-state index contributed by atoms with van der Waals surface area (Å²) in [6.45, 7) is 2.01. The van der Waals surface area contributed by atoms with Crippen LogP contribution in [0, 0.1) is 6.92 Å². The summed E-state index contributed by atoms with van der Waals surface area (Å²) in [6, 6.07) is 9.98. The summed E-state index contributed by atoms with van der Waals surface area (Å²) in [4.78, 5) is 14.0. The third-order valence-electron chi connectivity index (χ3n) is 3.82. The van der Waals surface area contributed by atoms with Crippen LogP contribution in [0.15, 0.2) is 54.0 Å². The fourth-order valence-electron chi connectivity index (χ4n) is 2.64. The highest BCUT2D eigenvalue weighted by molar-refractivity contribution is 7.17. The number of nitrogens with zero attached hydrogens (tertiary/aromatic N) is 4. The van der Waals surface area contributed by atoms with Gasteiger partial charge in [0, 0.05) is 25.0 Å². The molecule has 6 nitrogen and oxygen atoms in total. The zero-order chi connectivity index (χ0) is 16.4. The molecule has 2 N–H and O–H groups in total. The smallest absolute Gasteiger partial charge is 0.189 e. The predicted octanol–water partition coefficient (Wildman–Crippen LogP) is 3.42. The number of aryl methyl sites for hydroxylation is 1. The summed E-state index contributed by atoms with van der Waals surface area (Å²) in [5.74, 6) is 0.791. The first-order chi connectivity index (χ1) is 11.8. The number of hydrazone groups is 1. The number of hydrogen-bond acceptors (Lipinski definition) is 7. The molecule has 24 heavy (non-hydrogen) atoms. The Bertz CT molecular complexity index is 859. The normalized spacial score (nSPS) is 16.5. The molecular formula is C17H16N6S. The second kappa shape index (κ2) is 6.37. The van der Waals surface area contributed by atoms with E-state index in [1.165, 1.54) is 5.56 Å². The lowest BCUT2D eigenvalue weighted by molar-refractivity contribution is 0.619. The van der Waals surface area contributed by atoms with Crippen molar-refractivity contribution in [2.45, 2.75) is 19.4 Å². The average Bonchev–Trinajstić information content (AvgIpc) is 3.23. The summed E-state index contributed by atoms with van der Waals surface area (Å²) in [7, 11) is 0. The summed E-state index contributed by atoms with van der Waals surface area (Å²) in [5.41, 5.74) is 6.43. The van der Waals surface area contributed by atoms with Gasteiger partial charge in [-0.1, -0.05) is 17.4 Å². The SMILES string of the molecule is Cc1nc(Nc2ccccn2)sc1C1=NNC(c2ccncc2)C1. The molecule has 4 heterocycles. The minimum absolute atomic E-state index is 0.191. The zero-order valence-corrected chi connectivity index (χ0v) is 13.9. The molecule has 0 spiro atoms. The molecule has 0 aliphatic carbocycles. The van der Waals surface area contributed by atoms with Crippen LogP contribution < -0.4 is 10.7 Å². The molecule has 0 amide bonds. The first-order valence-electron chi connectivity index (χ1n) is 7.67. The van der Waals surface area contributed by atoms with Gasteiger partial charge in [-0.15, -0.1) is 0 Å². The number of aromatic nitrogens is 3.